The van der Waals surface area contributed by atoms with Crippen LogP contribution < -0.4 is 14.8 Å². The van der Waals surface area contributed by atoms with Crippen LogP contribution >= 0.6 is 0 Å². The molecule has 0 saturated carbocycles. The second-order valence-corrected chi connectivity index (χ2v) is 5.56. The van der Waals surface area contributed by atoms with Gasteiger partial charge < -0.3 is 14.8 Å². The molecule has 2 aromatic rings. The van der Waals surface area contributed by atoms with Crippen molar-refractivity contribution < 1.29 is 14.3 Å². The number of aromatic nitrogens is 2. The highest BCUT2D eigenvalue weighted by Gasteiger charge is 2.13. The number of nitrogens with one attached hydrogen (secondary N) is 1. The molecule has 0 spiro atoms. The molecule has 0 radical (unpaired) electrons. The molecule has 0 unspecified atom stereocenters. The molecule has 6 heteroatoms. The number of benzene rings is 1. The number of nitrogens with zero attached hydrogens (tertiary/aromatic N) is 2. The third kappa shape index (κ3) is 4.48. The van der Waals surface area contributed by atoms with Crippen molar-refractivity contribution in [3.05, 3.63) is 42.2 Å². The van der Waals surface area contributed by atoms with Crippen LogP contribution in [-0.4, -0.2) is 35.4 Å². The van der Waals surface area contributed by atoms with Gasteiger partial charge >= 0.3 is 0 Å². The van der Waals surface area contributed by atoms with Crippen LogP contribution in [0.5, 0.6) is 11.5 Å². The Hall–Kier alpha value is -2.50. The molecule has 0 aliphatic rings. The molecule has 0 bridgehead atoms. The van der Waals surface area contributed by atoms with Crippen LogP contribution in [0.2, 0.25) is 0 Å². The van der Waals surface area contributed by atoms with Crippen LogP contribution in [0.15, 0.2) is 36.5 Å². The predicted molar refractivity (Wildman–Crippen MR) is 88.0 cm³/mol. The average Bonchev–Trinajstić information content (AvgIpc) is 3.03. The van der Waals surface area contributed by atoms with Crippen molar-refractivity contribution in [2.24, 2.45) is 0 Å². The fourth-order valence-electron chi connectivity index (χ4n) is 2.05. The number of hydrogen-bond acceptors (Lipinski definition) is 4. The van der Waals surface area contributed by atoms with Crippen molar-refractivity contribution in [1.82, 2.24) is 15.1 Å². The van der Waals surface area contributed by atoms with Gasteiger partial charge in [-0.15, -0.1) is 0 Å². The van der Waals surface area contributed by atoms with Crippen molar-refractivity contribution in [1.29, 1.82) is 0 Å². The molecule has 0 fully saturated rings. The maximum Gasteiger partial charge on any atom is 0.271 e. The monoisotopic (exact) mass is 317 g/mol. The lowest BCUT2D eigenvalue weighted by Crippen LogP contribution is -2.34. The first kappa shape index (κ1) is 16.9. The molecule has 1 aromatic heterocycles. The molecule has 0 aliphatic heterocycles. The van der Waals surface area contributed by atoms with E-state index in [1.807, 2.05) is 45.0 Å². The van der Waals surface area contributed by atoms with Gasteiger partial charge in [-0.3, -0.25) is 9.48 Å². The standard InChI is InChI=1S/C17H23N3O3/c1-12(2)20-10-9-14(19-20)17(21)18-11-13(3)23-16-8-6-5-7-15(16)22-4/h5-10,12-13H,11H2,1-4H3,(H,18,21)/t13-/m0/s1. The quantitative estimate of drug-likeness (QED) is 0.852. The minimum atomic E-state index is -0.208. The van der Waals surface area contributed by atoms with Crippen LogP contribution in [-0.2, 0) is 0 Å². The minimum absolute atomic E-state index is 0.192. The predicted octanol–water partition coefficient (Wildman–Crippen LogP) is 2.67. The molecule has 2 rings (SSSR count). The lowest BCUT2D eigenvalue weighted by Gasteiger charge is -2.17. The zero-order valence-electron chi connectivity index (χ0n) is 13.9. The zero-order chi connectivity index (χ0) is 16.8. The van der Waals surface area contributed by atoms with Gasteiger partial charge in [0.2, 0.25) is 0 Å². The van der Waals surface area contributed by atoms with E-state index < -0.39 is 0 Å². The highest BCUT2D eigenvalue weighted by atomic mass is 16.5. The summed E-state index contributed by atoms with van der Waals surface area (Å²) in [6.07, 6.45) is 1.61. The molecule has 23 heavy (non-hydrogen) atoms. The van der Waals surface area contributed by atoms with Crippen LogP contribution in [0.25, 0.3) is 0 Å². The van der Waals surface area contributed by atoms with Crippen molar-refractivity contribution in [3.63, 3.8) is 0 Å². The first-order valence-electron chi connectivity index (χ1n) is 7.64. The maximum absolute atomic E-state index is 12.1. The van der Waals surface area contributed by atoms with E-state index in [-0.39, 0.29) is 18.1 Å². The number of para-hydroxylation sites is 2. The van der Waals surface area contributed by atoms with Gasteiger partial charge in [-0.2, -0.15) is 5.10 Å². The molecule has 1 aromatic carbocycles. The molecule has 1 amide bonds. The first-order valence-corrected chi connectivity index (χ1v) is 7.64. The summed E-state index contributed by atoms with van der Waals surface area (Å²) < 4.78 is 12.8. The Bertz CT molecular complexity index is 652. The number of rotatable bonds is 7. The van der Waals surface area contributed by atoms with Crippen LogP contribution in [0, 0.1) is 0 Å². The summed E-state index contributed by atoms with van der Waals surface area (Å²) in [5.41, 5.74) is 0.406. The fourth-order valence-corrected chi connectivity index (χ4v) is 2.05. The van der Waals surface area contributed by atoms with E-state index in [0.29, 0.717) is 23.7 Å². The summed E-state index contributed by atoms with van der Waals surface area (Å²) in [5.74, 6) is 1.11. The Morgan fingerprint density at radius 1 is 1.22 bits per heavy atom. The summed E-state index contributed by atoms with van der Waals surface area (Å²) >= 11 is 0. The van der Waals surface area contributed by atoms with Crippen LogP contribution in [0.3, 0.4) is 0 Å². The van der Waals surface area contributed by atoms with Gasteiger partial charge in [-0.1, -0.05) is 12.1 Å². The number of ether oxygens (including phenoxy) is 2. The Kier molecular flexibility index (Phi) is 5.62. The Morgan fingerprint density at radius 3 is 2.52 bits per heavy atom. The molecule has 1 N–H and O–H groups in total. The van der Waals surface area contributed by atoms with Crippen LogP contribution in [0.4, 0.5) is 0 Å². The highest BCUT2D eigenvalue weighted by Crippen LogP contribution is 2.26. The average molecular weight is 317 g/mol. The van der Waals surface area contributed by atoms with Gasteiger partial charge in [0, 0.05) is 12.2 Å². The van der Waals surface area contributed by atoms with Crippen molar-refractivity contribution >= 4 is 5.91 Å². The summed E-state index contributed by atoms with van der Waals surface area (Å²) in [6, 6.07) is 9.36. The Labute approximate surface area is 136 Å². The number of amides is 1. The lowest BCUT2D eigenvalue weighted by molar-refractivity contribution is 0.0925. The van der Waals surface area contributed by atoms with Crippen molar-refractivity contribution in [3.8, 4) is 11.5 Å². The van der Waals surface area contributed by atoms with Gasteiger partial charge in [0.1, 0.15) is 11.8 Å². The second kappa shape index (κ2) is 7.67. The van der Waals surface area contributed by atoms with E-state index in [9.17, 15) is 4.79 Å². The fraction of sp³-hybridized carbons (Fsp3) is 0.412. The molecule has 6 nitrogen and oxygen atoms in total. The SMILES string of the molecule is COc1ccccc1O[C@@H](C)CNC(=O)c1ccn(C(C)C)n1. The minimum Gasteiger partial charge on any atom is -0.493 e. The van der Waals surface area contributed by atoms with Gasteiger partial charge in [-0.25, -0.2) is 0 Å². The molecule has 1 heterocycles. The van der Waals surface area contributed by atoms with E-state index in [0.717, 1.165) is 0 Å². The molecule has 124 valence electrons. The Balaban J connectivity index is 1.88. The number of carbonyl (C=O) groups is 1. The number of methoxy groups -OCH3 is 1. The van der Waals surface area contributed by atoms with E-state index in [1.54, 1.807) is 24.1 Å². The second-order valence-electron chi connectivity index (χ2n) is 5.56. The summed E-state index contributed by atoms with van der Waals surface area (Å²) in [5, 5.41) is 7.07. The molecule has 1 atom stereocenters. The largest absolute Gasteiger partial charge is 0.493 e. The van der Waals surface area contributed by atoms with E-state index in [4.69, 9.17) is 9.47 Å². The van der Waals surface area contributed by atoms with E-state index in [2.05, 4.69) is 10.4 Å². The smallest absolute Gasteiger partial charge is 0.271 e. The third-order valence-corrected chi connectivity index (χ3v) is 3.32. The molecule has 0 saturated heterocycles. The lowest BCUT2D eigenvalue weighted by atomic mass is 10.3. The van der Waals surface area contributed by atoms with Crippen molar-refractivity contribution in [2.75, 3.05) is 13.7 Å². The van der Waals surface area contributed by atoms with E-state index >= 15 is 0 Å². The summed E-state index contributed by atoms with van der Waals surface area (Å²) in [7, 11) is 1.60. The maximum atomic E-state index is 12.1. The Morgan fingerprint density at radius 2 is 1.91 bits per heavy atom. The zero-order valence-corrected chi connectivity index (χ0v) is 13.9. The number of hydrogen-bond donors (Lipinski definition) is 1. The third-order valence-electron chi connectivity index (χ3n) is 3.32. The molecular weight excluding hydrogens is 294 g/mol. The van der Waals surface area contributed by atoms with E-state index in [1.165, 1.54) is 0 Å². The summed E-state index contributed by atoms with van der Waals surface area (Å²) in [6.45, 7) is 6.29. The molecular formula is C17H23N3O3. The topological polar surface area (TPSA) is 65.4 Å². The van der Waals surface area contributed by atoms with Gasteiger partial charge in [-0.05, 0) is 39.0 Å². The van der Waals surface area contributed by atoms with Gasteiger partial charge in [0.15, 0.2) is 11.5 Å². The van der Waals surface area contributed by atoms with Crippen LogP contribution in [0.1, 0.15) is 37.3 Å². The summed E-state index contributed by atoms with van der Waals surface area (Å²) in [4.78, 5) is 12.1. The highest BCUT2D eigenvalue weighted by molar-refractivity contribution is 5.92. The van der Waals surface area contributed by atoms with Crippen molar-refractivity contribution in [2.45, 2.75) is 32.9 Å². The van der Waals surface area contributed by atoms with Gasteiger partial charge in [0.25, 0.3) is 5.91 Å². The molecule has 0 aliphatic carbocycles. The normalized spacial score (nSPS) is 12.0. The first-order chi connectivity index (χ1) is 11.0. The number of carbonyl (C=O) groups excluding carboxylic acids is 1. The van der Waals surface area contributed by atoms with Gasteiger partial charge in [0.05, 0.1) is 13.7 Å².